The highest BCUT2D eigenvalue weighted by Crippen LogP contribution is 2.24. The van der Waals surface area contributed by atoms with Gasteiger partial charge in [-0.05, 0) is 40.2 Å². The maximum absolute atomic E-state index is 10.2. The van der Waals surface area contributed by atoms with E-state index in [9.17, 15) is 5.11 Å². The van der Waals surface area contributed by atoms with E-state index in [-0.39, 0.29) is 0 Å². The van der Waals surface area contributed by atoms with E-state index < -0.39 is 5.60 Å². The molecule has 0 aliphatic rings. The maximum atomic E-state index is 10.2. The molecule has 2 aromatic rings. The Kier molecular flexibility index (Phi) is 2.24. The van der Waals surface area contributed by atoms with Crippen molar-refractivity contribution in [3.63, 3.8) is 0 Å². The predicted molar refractivity (Wildman–Crippen MR) is 60.2 cm³/mol. The minimum atomic E-state index is -0.962. The van der Waals surface area contributed by atoms with Gasteiger partial charge in [-0.3, -0.25) is 0 Å². The van der Waals surface area contributed by atoms with Gasteiger partial charge in [-0.2, -0.15) is 9.50 Å². The Morgan fingerprint density at radius 3 is 2.31 bits per heavy atom. The molecule has 0 aliphatic carbocycles. The summed E-state index contributed by atoms with van der Waals surface area (Å²) in [5, 5.41) is 14.4. The van der Waals surface area contributed by atoms with E-state index >= 15 is 0 Å². The van der Waals surface area contributed by atoms with Crippen LogP contribution in [0.1, 0.15) is 36.6 Å². The first-order chi connectivity index (χ1) is 7.30. The van der Waals surface area contributed by atoms with Crippen LogP contribution in [0, 0.1) is 20.8 Å². The molecule has 5 nitrogen and oxygen atoms in total. The molecule has 86 valence electrons. The number of nitrogens with zero attached hydrogens (tertiary/aromatic N) is 4. The van der Waals surface area contributed by atoms with Crippen LogP contribution in [0.15, 0.2) is 0 Å². The fourth-order valence-corrected chi connectivity index (χ4v) is 1.91. The third-order valence-corrected chi connectivity index (χ3v) is 2.65. The first kappa shape index (κ1) is 11.0. The Bertz CT molecular complexity index is 551. The molecule has 0 fully saturated rings. The summed E-state index contributed by atoms with van der Waals surface area (Å²) in [6, 6.07) is 0. The van der Waals surface area contributed by atoms with Gasteiger partial charge in [0.05, 0.1) is 5.69 Å². The summed E-state index contributed by atoms with van der Waals surface area (Å²) in [4.78, 5) is 8.57. The standard InChI is InChI=1S/C11H16N4O/c1-6-7(2)12-10-13-8(3)14-15(10)9(6)11(4,5)16/h16H,1-5H3. The van der Waals surface area contributed by atoms with Gasteiger partial charge in [0.15, 0.2) is 0 Å². The van der Waals surface area contributed by atoms with E-state index in [0.29, 0.717) is 11.6 Å². The fourth-order valence-electron chi connectivity index (χ4n) is 1.91. The van der Waals surface area contributed by atoms with Crippen molar-refractivity contribution in [1.82, 2.24) is 19.6 Å². The molecule has 0 unspecified atom stereocenters. The molecule has 0 aromatic carbocycles. The Labute approximate surface area is 94.2 Å². The molecule has 0 amide bonds. The Morgan fingerprint density at radius 1 is 1.12 bits per heavy atom. The van der Waals surface area contributed by atoms with Gasteiger partial charge in [0.1, 0.15) is 11.4 Å². The van der Waals surface area contributed by atoms with Gasteiger partial charge in [-0.25, -0.2) is 4.98 Å². The van der Waals surface area contributed by atoms with Crippen molar-refractivity contribution in [2.24, 2.45) is 0 Å². The second kappa shape index (κ2) is 3.25. The molecule has 2 heterocycles. The zero-order valence-electron chi connectivity index (χ0n) is 10.2. The summed E-state index contributed by atoms with van der Waals surface area (Å²) in [6.07, 6.45) is 0. The summed E-state index contributed by atoms with van der Waals surface area (Å²) in [6.45, 7) is 9.14. The topological polar surface area (TPSA) is 63.3 Å². The average molecular weight is 220 g/mol. The second-order valence-corrected chi connectivity index (χ2v) is 4.60. The first-order valence-corrected chi connectivity index (χ1v) is 5.24. The van der Waals surface area contributed by atoms with Crippen LogP contribution in [0.4, 0.5) is 0 Å². The van der Waals surface area contributed by atoms with Crippen LogP contribution in [0.2, 0.25) is 0 Å². The van der Waals surface area contributed by atoms with Gasteiger partial charge >= 0.3 is 0 Å². The Balaban J connectivity index is 2.92. The van der Waals surface area contributed by atoms with Crippen molar-refractivity contribution in [2.75, 3.05) is 0 Å². The molecule has 2 rings (SSSR count). The molecule has 0 bridgehead atoms. The number of fused-ring (bicyclic) bond motifs is 1. The lowest BCUT2D eigenvalue weighted by atomic mass is 9.99. The number of aliphatic hydroxyl groups is 1. The van der Waals surface area contributed by atoms with E-state index in [0.717, 1.165) is 17.0 Å². The zero-order valence-corrected chi connectivity index (χ0v) is 10.2. The third-order valence-electron chi connectivity index (χ3n) is 2.65. The Hall–Kier alpha value is -1.49. The lowest BCUT2D eigenvalue weighted by Gasteiger charge is -2.21. The van der Waals surface area contributed by atoms with E-state index in [4.69, 9.17) is 0 Å². The molecule has 0 saturated heterocycles. The summed E-state index contributed by atoms with van der Waals surface area (Å²) < 4.78 is 1.62. The van der Waals surface area contributed by atoms with E-state index in [2.05, 4.69) is 15.1 Å². The van der Waals surface area contributed by atoms with E-state index in [1.54, 1.807) is 18.4 Å². The molecule has 0 saturated carbocycles. The van der Waals surface area contributed by atoms with Gasteiger partial charge in [0, 0.05) is 5.69 Å². The molecule has 0 radical (unpaired) electrons. The summed E-state index contributed by atoms with van der Waals surface area (Å²) in [5.74, 6) is 1.20. The molecule has 0 aliphatic heterocycles. The molecule has 1 N–H and O–H groups in total. The number of aromatic nitrogens is 4. The van der Waals surface area contributed by atoms with Crippen LogP contribution in [0.3, 0.4) is 0 Å². The normalized spacial score (nSPS) is 12.4. The molecule has 2 aromatic heterocycles. The van der Waals surface area contributed by atoms with Gasteiger partial charge in [-0.15, -0.1) is 5.10 Å². The van der Waals surface area contributed by atoms with Gasteiger partial charge in [0.2, 0.25) is 0 Å². The van der Waals surface area contributed by atoms with Crippen molar-refractivity contribution in [2.45, 2.75) is 40.2 Å². The number of hydrogen-bond acceptors (Lipinski definition) is 4. The Morgan fingerprint density at radius 2 is 1.75 bits per heavy atom. The average Bonchev–Trinajstić information content (AvgIpc) is 2.43. The molecule has 0 atom stereocenters. The van der Waals surface area contributed by atoms with E-state index in [1.807, 2.05) is 20.8 Å². The van der Waals surface area contributed by atoms with E-state index in [1.165, 1.54) is 0 Å². The van der Waals surface area contributed by atoms with Crippen LogP contribution >= 0.6 is 0 Å². The zero-order chi connectivity index (χ0) is 12.1. The smallest absolute Gasteiger partial charge is 0.252 e. The molecule has 16 heavy (non-hydrogen) atoms. The highest BCUT2D eigenvalue weighted by molar-refractivity contribution is 5.38. The number of rotatable bonds is 1. The molecular weight excluding hydrogens is 204 g/mol. The summed E-state index contributed by atoms with van der Waals surface area (Å²) in [7, 11) is 0. The van der Waals surface area contributed by atoms with Crippen molar-refractivity contribution in [3.8, 4) is 0 Å². The highest BCUT2D eigenvalue weighted by Gasteiger charge is 2.25. The minimum Gasteiger partial charge on any atom is -0.384 e. The van der Waals surface area contributed by atoms with Crippen LogP contribution < -0.4 is 0 Å². The summed E-state index contributed by atoms with van der Waals surface area (Å²) in [5.41, 5.74) is 1.61. The lowest BCUT2D eigenvalue weighted by Crippen LogP contribution is -2.23. The van der Waals surface area contributed by atoms with Gasteiger partial charge in [0.25, 0.3) is 5.78 Å². The summed E-state index contributed by atoms with van der Waals surface area (Å²) >= 11 is 0. The largest absolute Gasteiger partial charge is 0.384 e. The van der Waals surface area contributed by atoms with Crippen molar-refractivity contribution < 1.29 is 5.11 Å². The number of hydrogen-bond donors (Lipinski definition) is 1. The van der Waals surface area contributed by atoms with Crippen molar-refractivity contribution in [1.29, 1.82) is 0 Å². The molecule has 5 heteroatoms. The SMILES string of the molecule is Cc1nc2nc(C)c(C)c(C(C)(C)O)n2n1. The monoisotopic (exact) mass is 220 g/mol. The van der Waals surface area contributed by atoms with Crippen molar-refractivity contribution in [3.05, 3.63) is 22.8 Å². The first-order valence-electron chi connectivity index (χ1n) is 5.24. The van der Waals surface area contributed by atoms with Crippen LogP contribution in [0.5, 0.6) is 0 Å². The highest BCUT2D eigenvalue weighted by atomic mass is 16.3. The van der Waals surface area contributed by atoms with Crippen molar-refractivity contribution >= 4 is 5.78 Å². The van der Waals surface area contributed by atoms with Gasteiger partial charge in [-0.1, -0.05) is 0 Å². The predicted octanol–water partition coefficient (Wildman–Crippen LogP) is 1.28. The van der Waals surface area contributed by atoms with Gasteiger partial charge < -0.3 is 5.11 Å². The van der Waals surface area contributed by atoms with Crippen LogP contribution in [-0.4, -0.2) is 24.7 Å². The second-order valence-electron chi connectivity index (χ2n) is 4.60. The third kappa shape index (κ3) is 1.57. The van der Waals surface area contributed by atoms with Crippen LogP contribution in [0.25, 0.3) is 5.78 Å². The number of aryl methyl sites for hydroxylation is 2. The minimum absolute atomic E-state index is 0.540. The van der Waals surface area contributed by atoms with Crippen LogP contribution in [-0.2, 0) is 5.60 Å². The molecular formula is C11H16N4O. The molecule has 0 spiro atoms. The lowest BCUT2D eigenvalue weighted by molar-refractivity contribution is 0.0704. The quantitative estimate of drug-likeness (QED) is 0.786. The maximum Gasteiger partial charge on any atom is 0.252 e. The fraction of sp³-hybridized carbons (Fsp3) is 0.545.